The molecular weight excluding hydrogens is 212 g/mol. The van der Waals surface area contributed by atoms with Crippen LogP contribution in [0.15, 0.2) is 23.0 Å². The zero-order chi connectivity index (χ0) is 6.74. The highest BCUT2D eigenvalue weighted by atomic mass is 79.9. The molecule has 2 nitrogen and oxygen atoms in total. The lowest BCUT2D eigenvalue weighted by molar-refractivity contribution is 1.49. The highest BCUT2D eigenvalue weighted by Gasteiger charge is 2.12. The van der Waals surface area contributed by atoms with Gasteiger partial charge in [-0.05, 0) is 10.8 Å². The lowest BCUT2D eigenvalue weighted by Crippen LogP contribution is -2.05. The molecule has 0 amide bonds. The topological polar surface area (TPSA) is 49.8 Å². The number of hydrogen-bond acceptors (Lipinski definition) is 2. The Morgan fingerprint density at radius 3 is 2.30 bits per heavy atom. The van der Waals surface area contributed by atoms with Crippen LogP contribution in [0.1, 0.15) is 0 Å². The van der Waals surface area contributed by atoms with E-state index in [4.69, 9.17) is 10.4 Å². The second kappa shape index (κ2) is 3.81. The molecule has 0 unspecified atom stereocenters. The van der Waals surface area contributed by atoms with E-state index >= 15 is 0 Å². The molecular formula is C6H9BrN2S. The summed E-state index contributed by atoms with van der Waals surface area (Å²) in [7, 11) is -1.28. The van der Waals surface area contributed by atoms with Gasteiger partial charge in [0, 0.05) is 0 Å². The van der Waals surface area contributed by atoms with E-state index in [1.54, 1.807) is 0 Å². The van der Waals surface area contributed by atoms with Crippen LogP contribution in [-0.2, 0) is 0 Å². The molecule has 0 aliphatic carbocycles. The van der Waals surface area contributed by atoms with Gasteiger partial charge in [-0.25, -0.2) is 0 Å². The van der Waals surface area contributed by atoms with Gasteiger partial charge in [0.15, 0.2) is 0 Å². The maximum atomic E-state index is 8.31. The minimum atomic E-state index is -1.28. The normalized spacial score (nSPS) is 21.2. The first kappa shape index (κ1) is 9.76. The van der Waals surface area contributed by atoms with E-state index in [1.165, 1.54) is 0 Å². The zero-order valence-corrected chi connectivity index (χ0v) is 7.89. The van der Waals surface area contributed by atoms with E-state index < -0.39 is 10.2 Å². The molecule has 1 rings (SSSR count). The lowest BCUT2D eigenvalue weighted by atomic mass is 10.6. The molecule has 0 saturated carbocycles. The maximum Gasteiger partial charge on any atom is 0.0834 e. The SMILES string of the molecule is Br.N#CCS1(N)C=CC=C1. The molecule has 1 heterocycles. The van der Waals surface area contributed by atoms with E-state index in [9.17, 15) is 0 Å². The first-order valence-corrected chi connectivity index (χ1v) is 4.56. The number of rotatable bonds is 1. The number of allylic oxidation sites excluding steroid dienone is 2. The molecule has 1 aliphatic heterocycles. The number of nitrogens with two attached hydrogens (primary N) is 1. The van der Waals surface area contributed by atoms with Gasteiger partial charge in [0.1, 0.15) is 0 Å². The third-order valence-electron chi connectivity index (χ3n) is 1.09. The predicted octanol–water partition coefficient (Wildman–Crippen LogP) is 1.81. The standard InChI is InChI=1S/C6H8N2S.BrH/c7-3-6-9(8)4-1-2-5-9;/h1-2,4-5H,6,8H2;1H. The molecule has 0 saturated heterocycles. The van der Waals surface area contributed by atoms with Crippen LogP contribution >= 0.6 is 27.2 Å². The molecule has 0 bridgehead atoms. The van der Waals surface area contributed by atoms with Gasteiger partial charge in [0.2, 0.25) is 0 Å². The molecule has 0 aromatic rings. The van der Waals surface area contributed by atoms with Crippen molar-refractivity contribution in [2.24, 2.45) is 5.14 Å². The van der Waals surface area contributed by atoms with Crippen molar-refractivity contribution in [3.8, 4) is 6.07 Å². The van der Waals surface area contributed by atoms with Crippen molar-refractivity contribution in [3.63, 3.8) is 0 Å². The Labute approximate surface area is 72.6 Å². The monoisotopic (exact) mass is 220 g/mol. The fourth-order valence-electron chi connectivity index (χ4n) is 0.637. The van der Waals surface area contributed by atoms with E-state index in [0.717, 1.165) is 0 Å². The summed E-state index contributed by atoms with van der Waals surface area (Å²) in [4.78, 5) is 0. The van der Waals surface area contributed by atoms with Crippen molar-refractivity contribution in [2.75, 3.05) is 5.75 Å². The van der Waals surface area contributed by atoms with Gasteiger partial charge in [-0.2, -0.15) is 5.26 Å². The fraction of sp³-hybridized carbons (Fsp3) is 0.167. The number of hydrogen-bond donors (Lipinski definition) is 1. The Kier molecular flexibility index (Phi) is 3.72. The Bertz CT molecular complexity index is 192. The summed E-state index contributed by atoms with van der Waals surface area (Å²) in [5.41, 5.74) is 0. The maximum absolute atomic E-state index is 8.31. The van der Waals surface area contributed by atoms with Crippen molar-refractivity contribution >= 4 is 27.2 Å². The van der Waals surface area contributed by atoms with Gasteiger partial charge in [0.05, 0.1) is 11.8 Å². The number of halogens is 1. The predicted molar refractivity (Wildman–Crippen MR) is 50.9 cm³/mol. The van der Waals surface area contributed by atoms with Crippen molar-refractivity contribution < 1.29 is 0 Å². The molecule has 0 aromatic carbocycles. The first-order valence-electron chi connectivity index (χ1n) is 2.57. The molecule has 0 atom stereocenters. The zero-order valence-electron chi connectivity index (χ0n) is 5.36. The van der Waals surface area contributed by atoms with Crippen LogP contribution in [0.2, 0.25) is 0 Å². The largest absolute Gasteiger partial charge is 0.287 e. The van der Waals surface area contributed by atoms with Gasteiger partial charge < -0.3 is 0 Å². The molecule has 1 aliphatic rings. The van der Waals surface area contributed by atoms with Crippen molar-refractivity contribution in [3.05, 3.63) is 23.0 Å². The summed E-state index contributed by atoms with van der Waals surface area (Å²) in [5, 5.41) is 17.9. The van der Waals surface area contributed by atoms with Crippen LogP contribution in [0.25, 0.3) is 0 Å². The fourth-order valence-corrected chi connectivity index (χ4v) is 1.91. The Hall–Kier alpha value is -0.240. The Morgan fingerprint density at radius 2 is 1.90 bits per heavy atom. The average Bonchev–Trinajstić information content (AvgIpc) is 2.16. The van der Waals surface area contributed by atoms with Gasteiger partial charge >= 0.3 is 0 Å². The second-order valence-corrected chi connectivity index (χ2v) is 4.52. The molecule has 56 valence electrons. The molecule has 4 heteroatoms. The molecule has 0 aromatic heterocycles. The summed E-state index contributed by atoms with van der Waals surface area (Å²) in [6.07, 6.45) is 3.79. The molecule has 0 spiro atoms. The van der Waals surface area contributed by atoms with E-state index in [1.807, 2.05) is 23.0 Å². The number of nitriles is 1. The Balaban J connectivity index is 0.000000810. The third kappa shape index (κ3) is 2.18. The third-order valence-corrected chi connectivity index (χ3v) is 3.05. The minimum Gasteiger partial charge on any atom is -0.287 e. The summed E-state index contributed by atoms with van der Waals surface area (Å²) in [5.74, 6) is 0.444. The van der Waals surface area contributed by atoms with Crippen LogP contribution in [0.4, 0.5) is 0 Å². The summed E-state index contributed by atoms with van der Waals surface area (Å²) in [6.45, 7) is 0. The summed E-state index contributed by atoms with van der Waals surface area (Å²) >= 11 is 0. The summed E-state index contributed by atoms with van der Waals surface area (Å²) < 4.78 is 0. The van der Waals surface area contributed by atoms with E-state index in [-0.39, 0.29) is 17.0 Å². The highest BCUT2D eigenvalue weighted by Crippen LogP contribution is 2.45. The van der Waals surface area contributed by atoms with Crippen LogP contribution in [0, 0.1) is 11.3 Å². The molecule has 0 radical (unpaired) electrons. The van der Waals surface area contributed by atoms with Crippen LogP contribution in [0.5, 0.6) is 0 Å². The van der Waals surface area contributed by atoms with Crippen molar-refractivity contribution in [1.29, 1.82) is 5.26 Å². The Morgan fingerprint density at radius 1 is 1.40 bits per heavy atom. The minimum absolute atomic E-state index is 0. The van der Waals surface area contributed by atoms with Crippen molar-refractivity contribution in [1.82, 2.24) is 0 Å². The van der Waals surface area contributed by atoms with Gasteiger partial charge in [-0.3, -0.25) is 5.14 Å². The van der Waals surface area contributed by atoms with Gasteiger partial charge in [-0.15, -0.1) is 27.2 Å². The van der Waals surface area contributed by atoms with Crippen LogP contribution < -0.4 is 5.14 Å². The summed E-state index contributed by atoms with van der Waals surface area (Å²) in [6, 6.07) is 2.06. The van der Waals surface area contributed by atoms with Gasteiger partial charge in [-0.1, -0.05) is 12.2 Å². The highest BCUT2D eigenvalue weighted by molar-refractivity contribution is 8.93. The van der Waals surface area contributed by atoms with Gasteiger partial charge in [0.25, 0.3) is 0 Å². The van der Waals surface area contributed by atoms with E-state index in [2.05, 4.69) is 6.07 Å². The first-order chi connectivity index (χ1) is 4.27. The lowest BCUT2D eigenvalue weighted by Gasteiger charge is -2.20. The quantitative estimate of drug-likeness (QED) is 0.734. The van der Waals surface area contributed by atoms with Crippen LogP contribution in [0.3, 0.4) is 0 Å². The molecule has 2 N–H and O–H groups in total. The van der Waals surface area contributed by atoms with E-state index in [0.29, 0.717) is 5.75 Å². The van der Waals surface area contributed by atoms with Crippen LogP contribution in [-0.4, -0.2) is 5.75 Å². The second-order valence-electron chi connectivity index (χ2n) is 1.87. The van der Waals surface area contributed by atoms with Crippen molar-refractivity contribution in [2.45, 2.75) is 0 Å². The average molecular weight is 221 g/mol. The molecule has 0 fully saturated rings. The molecule has 10 heavy (non-hydrogen) atoms. The smallest absolute Gasteiger partial charge is 0.0834 e. The number of nitrogens with zero attached hydrogens (tertiary/aromatic N) is 1.